The molecule has 0 saturated heterocycles. The van der Waals surface area contributed by atoms with Gasteiger partial charge in [0, 0.05) is 6.07 Å². The van der Waals surface area contributed by atoms with Crippen molar-refractivity contribution in [3.8, 4) is 5.88 Å². The van der Waals surface area contributed by atoms with E-state index >= 15 is 0 Å². The minimum Gasteiger partial charge on any atom is -0.481 e. The number of hydrogen-bond donors (Lipinski definition) is 2. The normalized spacial score (nSPS) is 11.2. The zero-order chi connectivity index (χ0) is 17.4. The molecular formula is C17H19N3O4. The third-order valence-corrected chi connectivity index (χ3v) is 3.15. The molecule has 126 valence electrons. The number of anilines is 1. The smallest absolute Gasteiger partial charge is 0.408 e. The molecule has 2 aromatic rings. The van der Waals surface area contributed by atoms with Crippen LogP contribution in [0.25, 0.3) is 0 Å². The van der Waals surface area contributed by atoms with E-state index in [4.69, 9.17) is 9.47 Å². The van der Waals surface area contributed by atoms with Crippen LogP contribution >= 0.6 is 0 Å². The predicted molar refractivity (Wildman–Crippen MR) is 88.6 cm³/mol. The number of rotatable bonds is 6. The fourth-order valence-electron chi connectivity index (χ4n) is 1.83. The van der Waals surface area contributed by atoms with Crippen LogP contribution in [-0.4, -0.2) is 30.1 Å². The van der Waals surface area contributed by atoms with E-state index in [1.807, 2.05) is 30.3 Å². The molecule has 0 unspecified atom stereocenters. The summed E-state index contributed by atoms with van der Waals surface area (Å²) >= 11 is 0. The summed E-state index contributed by atoms with van der Waals surface area (Å²) in [7, 11) is 1.51. The van der Waals surface area contributed by atoms with Crippen LogP contribution in [0.1, 0.15) is 12.5 Å². The first-order valence-electron chi connectivity index (χ1n) is 7.36. The SMILES string of the molecule is COc1ccc(NC(=O)[C@@H](C)NC(=O)OCc2ccccc2)cn1. The zero-order valence-electron chi connectivity index (χ0n) is 13.5. The van der Waals surface area contributed by atoms with Crippen LogP contribution in [0.4, 0.5) is 10.5 Å². The molecule has 2 rings (SSSR count). The van der Waals surface area contributed by atoms with Gasteiger partial charge in [-0.25, -0.2) is 9.78 Å². The first-order chi connectivity index (χ1) is 11.6. The summed E-state index contributed by atoms with van der Waals surface area (Å²) in [6.45, 7) is 1.71. The summed E-state index contributed by atoms with van der Waals surface area (Å²) in [5.74, 6) is 0.0716. The van der Waals surface area contributed by atoms with Gasteiger partial charge in [0.2, 0.25) is 11.8 Å². The minimum atomic E-state index is -0.754. The number of hydrogen-bond acceptors (Lipinski definition) is 5. The number of benzene rings is 1. The number of amides is 2. The Morgan fingerprint density at radius 2 is 1.92 bits per heavy atom. The number of pyridine rings is 1. The van der Waals surface area contributed by atoms with Gasteiger partial charge in [-0.15, -0.1) is 0 Å². The van der Waals surface area contributed by atoms with Gasteiger partial charge in [0.1, 0.15) is 12.6 Å². The van der Waals surface area contributed by atoms with E-state index in [0.29, 0.717) is 11.6 Å². The Morgan fingerprint density at radius 3 is 2.54 bits per heavy atom. The Morgan fingerprint density at radius 1 is 1.17 bits per heavy atom. The fraction of sp³-hybridized carbons (Fsp3) is 0.235. The van der Waals surface area contributed by atoms with E-state index in [2.05, 4.69) is 15.6 Å². The Labute approximate surface area is 140 Å². The van der Waals surface area contributed by atoms with Gasteiger partial charge < -0.3 is 20.1 Å². The maximum absolute atomic E-state index is 12.0. The average molecular weight is 329 g/mol. The third kappa shape index (κ3) is 5.28. The molecule has 0 fully saturated rings. The van der Waals surface area contributed by atoms with Crippen LogP contribution < -0.4 is 15.4 Å². The van der Waals surface area contributed by atoms with Crippen molar-refractivity contribution < 1.29 is 19.1 Å². The quantitative estimate of drug-likeness (QED) is 0.849. The average Bonchev–Trinajstić information content (AvgIpc) is 2.61. The first-order valence-corrected chi connectivity index (χ1v) is 7.36. The zero-order valence-corrected chi connectivity index (χ0v) is 13.5. The third-order valence-electron chi connectivity index (χ3n) is 3.15. The van der Waals surface area contributed by atoms with Crippen LogP contribution in [0, 0.1) is 0 Å². The molecule has 1 aromatic heterocycles. The van der Waals surface area contributed by atoms with Gasteiger partial charge >= 0.3 is 6.09 Å². The number of carbonyl (C=O) groups is 2. The van der Waals surface area contributed by atoms with Crippen molar-refractivity contribution in [2.45, 2.75) is 19.6 Å². The maximum atomic E-state index is 12.0. The Balaban J connectivity index is 1.78. The highest BCUT2D eigenvalue weighted by atomic mass is 16.5. The van der Waals surface area contributed by atoms with Crippen molar-refractivity contribution in [2.24, 2.45) is 0 Å². The standard InChI is InChI=1S/C17H19N3O4/c1-12(16(21)20-14-8-9-15(23-2)18-10-14)19-17(22)24-11-13-6-4-3-5-7-13/h3-10,12H,11H2,1-2H3,(H,19,22)(H,20,21)/t12-/m1/s1. The highest BCUT2D eigenvalue weighted by Crippen LogP contribution is 2.11. The van der Waals surface area contributed by atoms with Crippen molar-refractivity contribution in [1.82, 2.24) is 10.3 Å². The lowest BCUT2D eigenvalue weighted by molar-refractivity contribution is -0.117. The van der Waals surface area contributed by atoms with Gasteiger partial charge in [0.25, 0.3) is 0 Å². The molecular weight excluding hydrogens is 310 g/mol. The number of methoxy groups -OCH3 is 1. The topological polar surface area (TPSA) is 89.6 Å². The van der Waals surface area contributed by atoms with Crippen molar-refractivity contribution in [3.05, 3.63) is 54.2 Å². The molecule has 0 aliphatic heterocycles. The summed E-state index contributed by atoms with van der Waals surface area (Å²) in [6.07, 6.45) is 0.811. The molecule has 7 nitrogen and oxygen atoms in total. The minimum absolute atomic E-state index is 0.142. The Bertz CT molecular complexity index is 674. The fourth-order valence-corrected chi connectivity index (χ4v) is 1.83. The van der Waals surface area contributed by atoms with Gasteiger partial charge in [-0.05, 0) is 18.6 Å². The molecule has 0 bridgehead atoms. The van der Waals surface area contributed by atoms with Crippen LogP contribution in [0.15, 0.2) is 48.7 Å². The summed E-state index contributed by atoms with van der Waals surface area (Å²) in [4.78, 5) is 27.7. The number of ether oxygens (including phenoxy) is 2. The molecule has 2 N–H and O–H groups in total. The summed E-state index contributed by atoms with van der Waals surface area (Å²) in [6, 6.07) is 11.8. The largest absolute Gasteiger partial charge is 0.481 e. The van der Waals surface area contributed by atoms with Crippen LogP contribution in [0.3, 0.4) is 0 Å². The van der Waals surface area contributed by atoms with E-state index in [-0.39, 0.29) is 12.5 Å². The molecule has 0 saturated carbocycles. The van der Waals surface area contributed by atoms with Gasteiger partial charge in [-0.3, -0.25) is 4.79 Å². The van der Waals surface area contributed by atoms with Crippen LogP contribution in [0.5, 0.6) is 5.88 Å². The van der Waals surface area contributed by atoms with Crippen molar-refractivity contribution in [1.29, 1.82) is 0 Å². The summed E-state index contributed by atoms with van der Waals surface area (Å²) in [5.41, 5.74) is 1.38. The second kappa shape index (κ2) is 8.52. The Hall–Kier alpha value is -3.09. The molecule has 1 heterocycles. The Kier molecular flexibility index (Phi) is 6.13. The number of carbonyl (C=O) groups excluding carboxylic acids is 2. The second-order valence-electron chi connectivity index (χ2n) is 5.01. The highest BCUT2D eigenvalue weighted by Gasteiger charge is 2.16. The van der Waals surface area contributed by atoms with Crippen LogP contribution in [0.2, 0.25) is 0 Å². The lowest BCUT2D eigenvalue weighted by Gasteiger charge is -2.14. The van der Waals surface area contributed by atoms with Gasteiger partial charge in [0.05, 0.1) is 19.0 Å². The number of aromatic nitrogens is 1. The first kappa shape index (κ1) is 17.3. The molecule has 0 aliphatic rings. The number of alkyl carbamates (subject to hydrolysis) is 1. The van der Waals surface area contributed by atoms with Crippen molar-refractivity contribution in [3.63, 3.8) is 0 Å². The van der Waals surface area contributed by atoms with Gasteiger partial charge in [0.15, 0.2) is 0 Å². The van der Waals surface area contributed by atoms with E-state index < -0.39 is 12.1 Å². The molecule has 1 atom stereocenters. The van der Waals surface area contributed by atoms with E-state index in [9.17, 15) is 9.59 Å². The monoisotopic (exact) mass is 329 g/mol. The van der Waals surface area contributed by atoms with Gasteiger partial charge in [-0.2, -0.15) is 0 Å². The highest BCUT2D eigenvalue weighted by molar-refractivity contribution is 5.96. The van der Waals surface area contributed by atoms with E-state index in [1.54, 1.807) is 19.1 Å². The lowest BCUT2D eigenvalue weighted by Crippen LogP contribution is -2.41. The molecule has 0 aliphatic carbocycles. The van der Waals surface area contributed by atoms with Crippen molar-refractivity contribution in [2.75, 3.05) is 12.4 Å². The summed E-state index contributed by atoms with van der Waals surface area (Å²) < 4.78 is 10.0. The maximum Gasteiger partial charge on any atom is 0.408 e. The number of nitrogens with zero attached hydrogens (tertiary/aromatic N) is 1. The van der Waals surface area contributed by atoms with Crippen molar-refractivity contribution >= 4 is 17.7 Å². The molecule has 7 heteroatoms. The van der Waals surface area contributed by atoms with E-state index in [0.717, 1.165) is 5.56 Å². The molecule has 0 spiro atoms. The van der Waals surface area contributed by atoms with E-state index in [1.165, 1.54) is 13.3 Å². The van der Waals surface area contributed by atoms with Gasteiger partial charge in [-0.1, -0.05) is 30.3 Å². The predicted octanol–water partition coefficient (Wildman–Crippen LogP) is 2.34. The summed E-state index contributed by atoms with van der Waals surface area (Å²) in [5, 5.41) is 5.12. The number of nitrogens with one attached hydrogen (secondary N) is 2. The molecule has 24 heavy (non-hydrogen) atoms. The molecule has 1 aromatic carbocycles. The van der Waals surface area contributed by atoms with Crippen LogP contribution in [-0.2, 0) is 16.1 Å². The molecule has 2 amide bonds. The lowest BCUT2D eigenvalue weighted by atomic mass is 10.2. The second-order valence-corrected chi connectivity index (χ2v) is 5.01. The molecule has 0 radical (unpaired) electrons.